The van der Waals surface area contributed by atoms with E-state index in [0.29, 0.717) is 46.2 Å². The van der Waals surface area contributed by atoms with Crippen LogP contribution in [0.15, 0.2) is 84.9 Å². The first-order valence-corrected chi connectivity index (χ1v) is 23.6. The molecule has 0 aliphatic rings. The summed E-state index contributed by atoms with van der Waals surface area (Å²) in [4.78, 5) is 0. The monoisotopic (exact) mass is 877 g/mol. The highest BCUT2D eigenvalue weighted by Gasteiger charge is 2.23. The lowest BCUT2D eigenvalue weighted by Gasteiger charge is -2.20. The fraction of sp³-hybridized carbons (Fsp3) is 0.390. The fourth-order valence-corrected chi connectivity index (χ4v) is 8.80. The molecule has 0 saturated heterocycles. The van der Waals surface area contributed by atoms with Crippen LogP contribution in [0.5, 0.6) is 34.5 Å². The van der Waals surface area contributed by atoms with Gasteiger partial charge in [0.1, 0.15) is 34.5 Å². The predicted octanol–water partition coefficient (Wildman–Crippen LogP) is 14.6. The SMILES string of the molecule is CC(C)c1ccc(O)c(Cc2cc(C(C)C)cc(Cc3cc(C(C)C)cc(Cc4cc(C(C)C)cc(Cc5cc(C(C)C)cc(Cc6cc(C(C)C)ccc6O)c5O)c4O)c3O)c2O)c1. The van der Waals surface area contributed by atoms with Crippen molar-refractivity contribution in [3.8, 4) is 34.5 Å². The van der Waals surface area contributed by atoms with Gasteiger partial charge in [0, 0.05) is 32.1 Å². The number of benzene rings is 6. The molecule has 0 fully saturated rings. The normalized spacial score (nSPS) is 12.0. The van der Waals surface area contributed by atoms with Gasteiger partial charge in [-0.25, -0.2) is 0 Å². The van der Waals surface area contributed by atoms with Crippen molar-refractivity contribution in [1.82, 2.24) is 0 Å². The van der Waals surface area contributed by atoms with Gasteiger partial charge in [0.15, 0.2) is 0 Å². The topological polar surface area (TPSA) is 121 Å². The number of hydrogen-bond donors (Lipinski definition) is 6. The standard InChI is InChI=1S/C59H72O6/c1-32(2)38-13-15-54(60)44(17-38)27-46-19-40(34(5)6)21-48(56(46)62)29-50-23-42(36(9)10)25-52(58(50)64)31-53-26-43(37(11)12)24-51(59(53)65)30-49-22-41(35(7)8)20-47(57(49)63)28-45-18-39(33(3)4)14-16-55(45)61/h13-26,32-37,60-65H,27-31H2,1-12H3. The van der Waals surface area contributed by atoms with Crippen LogP contribution < -0.4 is 0 Å². The fourth-order valence-electron chi connectivity index (χ4n) is 8.80. The Kier molecular flexibility index (Phi) is 15.0. The van der Waals surface area contributed by atoms with E-state index in [9.17, 15) is 30.6 Å². The molecule has 65 heavy (non-hydrogen) atoms. The van der Waals surface area contributed by atoms with E-state index in [2.05, 4.69) is 83.1 Å². The van der Waals surface area contributed by atoms with Crippen molar-refractivity contribution in [2.75, 3.05) is 0 Å². The van der Waals surface area contributed by atoms with Crippen molar-refractivity contribution >= 4 is 0 Å². The van der Waals surface area contributed by atoms with E-state index in [1.165, 1.54) is 0 Å². The molecule has 0 atom stereocenters. The second-order valence-corrected chi connectivity index (χ2v) is 20.3. The highest BCUT2D eigenvalue weighted by molar-refractivity contribution is 5.57. The molecule has 0 heterocycles. The third-order valence-corrected chi connectivity index (χ3v) is 13.3. The van der Waals surface area contributed by atoms with E-state index in [1.54, 1.807) is 12.1 Å². The van der Waals surface area contributed by atoms with Gasteiger partial charge in [-0.1, -0.05) is 156 Å². The molecule has 6 N–H and O–H groups in total. The number of phenols is 6. The molecule has 0 bridgehead atoms. The van der Waals surface area contributed by atoms with Gasteiger partial charge in [0.05, 0.1) is 0 Å². The summed E-state index contributed by atoms with van der Waals surface area (Å²) in [7, 11) is 0. The van der Waals surface area contributed by atoms with E-state index in [4.69, 9.17) is 0 Å². The largest absolute Gasteiger partial charge is 0.508 e. The minimum Gasteiger partial charge on any atom is -0.508 e. The number of phenolic OH excluding ortho intramolecular Hbond substituents is 6. The van der Waals surface area contributed by atoms with Crippen LogP contribution in [0, 0.1) is 0 Å². The molecular formula is C59H72O6. The lowest BCUT2D eigenvalue weighted by atomic mass is 9.86. The highest BCUT2D eigenvalue weighted by Crippen LogP contribution is 2.41. The van der Waals surface area contributed by atoms with Crippen molar-refractivity contribution in [2.24, 2.45) is 0 Å². The zero-order valence-corrected chi connectivity index (χ0v) is 40.8. The summed E-state index contributed by atoms with van der Waals surface area (Å²) in [5.41, 5.74) is 13.5. The van der Waals surface area contributed by atoms with E-state index < -0.39 is 0 Å². The van der Waals surface area contributed by atoms with Crippen LogP contribution in [-0.2, 0) is 32.1 Å². The van der Waals surface area contributed by atoms with Crippen LogP contribution in [-0.4, -0.2) is 30.6 Å². The van der Waals surface area contributed by atoms with E-state index >= 15 is 0 Å². The summed E-state index contributed by atoms with van der Waals surface area (Å²) in [6, 6.07) is 27.6. The molecule has 6 aromatic rings. The number of aromatic hydroxyl groups is 6. The van der Waals surface area contributed by atoms with Crippen molar-refractivity contribution in [2.45, 2.75) is 151 Å². The summed E-state index contributed by atoms with van der Waals surface area (Å²) in [5, 5.41) is 69.9. The molecule has 344 valence electrons. The summed E-state index contributed by atoms with van der Waals surface area (Å²) >= 11 is 0. The molecule has 6 rings (SSSR count). The Bertz CT molecular complexity index is 2480. The van der Waals surface area contributed by atoms with Crippen LogP contribution in [0.4, 0.5) is 0 Å². The zero-order chi connectivity index (χ0) is 47.6. The lowest BCUT2D eigenvalue weighted by Crippen LogP contribution is -2.04. The summed E-state index contributed by atoms with van der Waals surface area (Å²) in [6.45, 7) is 25.5. The smallest absolute Gasteiger partial charge is 0.122 e. The van der Waals surface area contributed by atoms with Crippen LogP contribution in [0.3, 0.4) is 0 Å². The van der Waals surface area contributed by atoms with Gasteiger partial charge in [-0.2, -0.15) is 0 Å². The Balaban J connectivity index is 1.40. The maximum atomic E-state index is 12.2. The molecule has 0 aliphatic carbocycles. The molecule has 0 aromatic heterocycles. The molecule has 6 nitrogen and oxygen atoms in total. The Morgan fingerprint density at radius 3 is 0.600 bits per heavy atom. The summed E-state index contributed by atoms with van der Waals surface area (Å²) < 4.78 is 0. The van der Waals surface area contributed by atoms with Crippen LogP contribution in [0.25, 0.3) is 0 Å². The van der Waals surface area contributed by atoms with Gasteiger partial charge >= 0.3 is 0 Å². The molecule has 0 radical (unpaired) electrons. The van der Waals surface area contributed by atoms with Crippen LogP contribution in [0.2, 0.25) is 0 Å². The van der Waals surface area contributed by atoms with Gasteiger partial charge in [-0.15, -0.1) is 0 Å². The zero-order valence-electron chi connectivity index (χ0n) is 40.8. The molecule has 0 aliphatic heterocycles. The average Bonchev–Trinajstić information content (AvgIpc) is 3.24. The Hall–Kier alpha value is -5.88. The quantitative estimate of drug-likeness (QED) is 0.0576. The van der Waals surface area contributed by atoms with Crippen LogP contribution in [0.1, 0.15) is 208 Å². The van der Waals surface area contributed by atoms with Crippen molar-refractivity contribution in [1.29, 1.82) is 0 Å². The maximum absolute atomic E-state index is 12.2. The molecule has 0 amide bonds. The number of hydrogen-bond acceptors (Lipinski definition) is 6. The Labute approximate surface area is 388 Å². The first-order valence-electron chi connectivity index (χ1n) is 23.6. The second kappa shape index (κ2) is 20.1. The van der Waals surface area contributed by atoms with Crippen molar-refractivity contribution < 1.29 is 30.6 Å². The number of rotatable bonds is 16. The third kappa shape index (κ3) is 11.2. The highest BCUT2D eigenvalue weighted by atomic mass is 16.3. The summed E-state index contributed by atoms with van der Waals surface area (Å²) in [5.74, 6) is 2.16. The minimum atomic E-state index is 0.125. The van der Waals surface area contributed by atoms with Crippen LogP contribution >= 0.6 is 0 Å². The minimum absolute atomic E-state index is 0.125. The average molecular weight is 877 g/mol. The van der Waals surface area contributed by atoms with Gasteiger partial charge < -0.3 is 30.6 Å². The van der Waals surface area contributed by atoms with E-state index in [0.717, 1.165) is 55.6 Å². The van der Waals surface area contributed by atoms with Crippen molar-refractivity contribution in [3.63, 3.8) is 0 Å². The first kappa shape index (κ1) is 48.6. The first-order chi connectivity index (χ1) is 30.6. The second-order valence-electron chi connectivity index (χ2n) is 20.3. The Morgan fingerprint density at radius 1 is 0.246 bits per heavy atom. The summed E-state index contributed by atoms with van der Waals surface area (Å²) in [6.07, 6.45) is 1.56. The molecule has 0 saturated carbocycles. The van der Waals surface area contributed by atoms with Gasteiger partial charge in [-0.3, -0.25) is 0 Å². The van der Waals surface area contributed by atoms with Gasteiger partial charge in [-0.05, 0) is 137 Å². The molecule has 0 spiro atoms. The van der Waals surface area contributed by atoms with Gasteiger partial charge in [0.25, 0.3) is 0 Å². The predicted molar refractivity (Wildman–Crippen MR) is 267 cm³/mol. The van der Waals surface area contributed by atoms with E-state index in [-0.39, 0.29) is 89.3 Å². The molecule has 6 aromatic carbocycles. The van der Waals surface area contributed by atoms with Gasteiger partial charge in [0.2, 0.25) is 0 Å². The third-order valence-electron chi connectivity index (χ3n) is 13.3. The molecule has 0 unspecified atom stereocenters. The Morgan fingerprint density at radius 2 is 0.415 bits per heavy atom. The molecule has 6 heteroatoms. The van der Waals surface area contributed by atoms with E-state index in [1.807, 2.05) is 72.8 Å². The lowest BCUT2D eigenvalue weighted by molar-refractivity contribution is 0.452. The van der Waals surface area contributed by atoms with Crippen molar-refractivity contribution in [3.05, 3.63) is 174 Å². The maximum Gasteiger partial charge on any atom is 0.122 e. The molecular weight excluding hydrogens is 805 g/mol.